The summed E-state index contributed by atoms with van der Waals surface area (Å²) in [6, 6.07) is 0. The minimum atomic E-state index is -0.726. The highest BCUT2D eigenvalue weighted by molar-refractivity contribution is 6.30. The summed E-state index contributed by atoms with van der Waals surface area (Å²) in [4.78, 5) is 10.5. The first-order chi connectivity index (χ1) is 5.11. The van der Waals surface area contributed by atoms with E-state index in [1.165, 1.54) is 0 Å². The number of hydrogen-bond acceptors (Lipinski definition) is 1. The number of allylic oxidation sites excluding steroid dienone is 2. The lowest BCUT2D eigenvalue weighted by atomic mass is 9.90. The maximum absolute atomic E-state index is 10.5. The molecule has 0 bridgehead atoms. The molecule has 1 N–H and O–H groups in total. The van der Waals surface area contributed by atoms with Gasteiger partial charge in [-0.2, -0.15) is 0 Å². The monoisotopic (exact) mass is 174 g/mol. The van der Waals surface area contributed by atoms with Gasteiger partial charge in [-0.25, -0.2) is 0 Å². The van der Waals surface area contributed by atoms with Gasteiger partial charge in [0.15, 0.2) is 0 Å². The Morgan fingerprint density at radius 2 is 2.36 bits per heavy atom. The van der Waals surface area contributed by atoms with Crippen LogP contribution in [0.4, 0.5) is 0 Å². The first kappa shape index (κ1) is 8.60. The van der Waals surface area contributed by atoms with E-state index in [-0.39, 0.29) is 5.92 Å². The van der Waals surface area contributed by atoms with Crippen LogP contribution in [0.25, 0.3) is 0 Å². The number of aliphatic carboxylic acids is 1. The molecule has 1 aliphatic carbocycles. The van der Waals surface area contributed by atoms with E-state index < -0.39 is 5.97 Å². The van der Waals surface area contributed by atoms with E-state index in [0.717, 1.165) is 23.4 Å². The van der Waals surface area contributed by atoms with Crippen LogP contribution in [0, 0.1) is 5.92 Å². The maximum Gasteiger partial charge on any atom is 0.306 e. The fourth-order valence-electron chi connectivity index (χ4n) is 1.23. The number of hydrogen-bond donors (Lipinski definition) is 1. The standard InChI is InChI=1S/C8H11ClO2/c1-5-2-3-6(8(10)11)4-7(5)9/h6H,2-4H2,1H3,(H,10,11). The molecule has 62 valence electrons. The number of carbonyl (C=O) groups is 1. The normalized spacial score (nSPS) is 25.5. The van der Waals surface area contributed by atoms with Gasteiger partial charge in [-0.05, 0) is 26.2 Å². The Labute approximate surface area is 70.9 Å². The van der Waals surface area contributed by atoms with E-state index in [0.29, 0.717) is 6.42 Å². The topological polar surface area (TPSA) is 37.3 Å². The van der Waals surface area contributed by atoms with Gasteiger partial charge in [0.2, 0.25) is 0 Å². The van der Waals surface area contributed by atoms with Crippen molar-refractivity contribution in [2.45, 2.75) is 26.2 Å². The first-order valence-corrected chi connectivity index (χ1v) is 4.06. The SMILES string of the molecule is CC1=C(Cl)CC(C(=O)O)CC1. The van der Waals surface area contributed by atoms with Crippen molar-refractivity contribution in [3.8, 4) is 0 Å². The lowest BCUT2D eigenvalue weighted by molar-refractivity contribution is -0.142. The van der Waals surface area contributed by atoms with Gasteiger partial charge in [0.1, 0.15) is 0 Å². The van der Waals surface area contributed by atoms with Crippen LogP contribution in [-0.4, -0.2) is 11.1 Å². The highest BCUT2D eigenvalue weighted by atomic mass is 35.5. The minimum absolute atomic E-state index is 0.258. The summed E-state index contributed by atoms with van der Waals surface area (Å²) in [5, 5.41) is 9.40. The third kappa shape index (κ3) is 1.96. The van der Waals surface area contributed by atoms with E-state index in [9.17, 15) is 4.79 Å². The van der Waals surface area contributed by atoms with Crippen molar-refractivity contribution in [1.82, 2.24) is 0 Å². The number of carboxylic acid groups (broad SMARTS) is 1. The Hall–Kier alpha value is -0.500. The quantitative estimate of drug-likeness (QED) is 0.663. The van der Waals surface area contributed by atoms with Gasteiger partial charge in [-0.1, -0.05) is 17.2 Å². The second-order valence-electron chi connectivity index (χ2n) is 2.96. The molecule has 0 fully saturated rings. The third-order valence-electron chi connectivity index (χ3n) is 2.11. The van der Waals surface area contributed by atoms with Gasteiger partial charge in [-0.3, -0.25) is 4.79 Å². The number of rotatable bonds is 1. The molecule has 0 amide bonds. The van der Waals surface area contributed by atoms with Gasteiger partial charge in [0, 0.05) is 5.03 Å². The third-order valence-corrected chi connectivity index (χ3v) is 2.58. The van der Waals surface area contributed by atoms with Crippen molar-refractivity contribution in [2.24, 2.45) is 5.92 Å². The molecule has 1 unspecified atom stereocenters. The fourth-order valence-corrected chi connectivity index (χ4v) is 1.51. The molecule has 0 radical (unpaired) electrons. The Morgan fingerprint density at radius 1 is 1.73 bits per heavy atom. The molecular formula is C8H11ClO2. The second kappa shape index (κ2) is 3.26. The van der Waals surface area contributed by atoms with Gasteiger partial charge in [0.25, 0.3) is 0 Å². The van der Waals surface area contributed by atoms with Gasteiger partial charge < -0.3 is 5.11 Å². The van der Waals surface area contributed by atoms with Crippen LogP contribution >= 0.6 is 11.6 Å². The summed E-state index contributed by atoms with van der Waals surface area (Å²) in [5.74, 6) is -0.984. The van der Waals surface area contributed by atoms with Crippen LogP contribution in [-0.2, 0) is 4.79 Å². The van der Waals surface area contributed by atoms with Crippen LogP contribution < -0.4 is 0 Å². The maximum atomic E-state index is 10.5. The summed E-state index contributed by atoms with van der Waals surface area (Å²) < 4.78 is 0. The molecule has 0 aromatic heterocycles. The van der Waals surface area contributed by atoms with Crippen molar-refractivity contribution < 1.29 is 9.90 Å². The molecule has 11 heavy (non-hydrogen) atoms. The average molecular weight is 175 g/mol. The molecule has 0 aliphatic heterocycles. The van der Waals surface area contributed by atoms with Crippen LogP contribution in [0.5, 0.6) is 0 Å². The Morgan fingerprint density at radius 3 is 2.82 bits per heavy atom. The molecule has 2 nitrogen and oxygen atoms in total. The van der Waals surface area contributed by atoms with Crippen molar-refractivity contribution in [3.05, 3.63) is 10.6 Å². The molecule has 0 saturated heterocycles. The van der Waals surface area contributed by atoms with E-state index in [4.69, 9.17) is 16.7 Å². The fraction of sp³-hybridized carbons (Fsp3) is 0.625. The lowest BCUT2D eigenvalue weighted by Gasteiger charge is -2.18. The zero-order valence-corrected chi connectivity index (χ0v) is 7.19. The zero-order valence-electron chi connectivity index (χ0n) is 6.43. The summed E-state index contributed by atoms with van der Waals surface area (Å²) in [7, 11) is 0. The van der Waals surface area contributed by atoms with Crippen LogP contribution in [0.1, 0.15) is 26.2 Å². The molecule has 0 heterocycles. The zero-order chi connectivity index (χ0) is 8.43. The van der Waals surface area contributed by atoms with E-state index in [1.54, 1.807) is 0 Å². The van der Waals surface area contributed by atoms with Crippen LogP contribution in [0.2, 0.25) is 0 Å². The number of halogens is 1. The predicted octanol–water partition coefficient (Wildman–Crippen LogP) is 2.38. The van der Waals surface area contributed by atoms with Crippen molar-refractivity contribution >= 4 is 17.6 Å². The molecule has 1 rings (SSSR count). The van der Waals surface area contributed by atoms with Crippen molar-refractivity contribution in [1.29, 1.82) is 0 Å². The van der Waals surface area contributed by atoms with Crippen LogP contribution in [0.15, 0.2) is 10.6 Å². The molecule has 1 atom stereocenters. The Kier molecular flexibility index (Phi) is 2.55. The number of carboxylic acids is 1. The van der Waals surface area contributed by atoms with Crippen molar-refractivity contribution in [2.75, 3.05) is 0 Å². The minimum Gasteiger partial charge on any atom is -0.481 e. The second-order valence-corrected chi connectivity index (χ2v) is 3.42. The average Bonchev–Trinajstić information content (AvgIpc) is 1.94. The predicted molar refractivity (Wildman–Crippen MR) is 43.5 cm³/mol. The van der Waals surface area contributed by atoms with Crippen molar-refractivity contribution in [3.63, 3.8) is 0 Å². The molecule has 0 aromatic rings. The van der Waals surface area contributed by atoms with E-state index in [2.05, 4.69) is 0 Å². The van der Waals surface area contributed by atoms with Crippen LogP contribution in [0.3, 0.4) is 0 Å². The Balaban J connectivity index is 2.64. The Bertz CT molecular complexity index is 208. The summed E-state index contributed by atoms with van der Waals surface area (Å²) in [5.41, 5.74) is 1.14. The molecule has 3 heteroatoms. The first-order valence-electron chi connectivity index (χ1n) is 3.68. The van der Waals surface area contributed by atoms with E-state index in [1.807, 2.05) is 6.92 Å². The summed E-state index contributed by atoms with van der Waals surface area (Å²) in [6.45, 7) is 1.96. The highest BCUT2D eigenvalue weighted by Gasteiger charge is 2.23. The summed E-state index contributed by atoms with van der Waals surface area (Å²) >= 11 is 5.82. The van der Waals surface area contributed by atoms with Gasteiger partial charge in [0.05, 0.1) is 5.92 Å². The molecular weight excluding hydrogens is 164 g/mol. The largest absolute Gasteiger partial charge is 0.481 e. The van der Waals surface area contributed by atoms with E-state index >= 15 is 0 Å². The lowest BCUT2D eigenvalue weighted by Crippen LogP contribution is -2.17. The molecule has 0 saturated carbocycles. The smallest absolute Gasteiger partial charge is 0.306 e. The van der Waals surface area contributed by atoms with Gasteiger partial charge >= 0.3 is 5.97 Å². The molecule has 0 aromatic carbocycles. The molecule has 0 spiro atoms. The highest BCUT2D eigenvalue weighted by Crippen LogP contribution is 2.31. The summed E-state index contributed by atoms with van der Waals surface area (Å²) in [6.07, 6.45) is 2.08. The van der Waals surface area contributed by atoms with Gasteiger partial charge in [-0.15, -0.1) is 0 Å². The molecule has 1 aliphatic rings.